The molecule has 176 valence electrons. The predicted octanol–water partition coefficient (Wildman–Crippen LogP) is 1.22. The first-order valence-electron chi connectivity index (χ1n) is 9.67. The van der Waals surface area contributed by atoms with E-state index in [4.69, 9.17) is 0 Å². The maximum Gasteiger partial charge on any atom is 0.314 e. The molecule has 2 aromatic carbocycles. The van der Waals surface area contributed by atoms with Crippen LogP contribution in [-0.2, 0) is 20.0 Å². The minimum Gasteiger partial charge on any atom is -0.316 e. The highest BCUT2D eigenvalue weighted by Gasteiger charge is 2.19. The maximum atomic E-state index is 12.8. The van der Waals surface area contributed by atoms with Crippen LogP contribution < -0.4 is 20.6 Å². The smallest absolute Gasteiger partial charge is 0.314 e. The van der Waals surface area contributed by atoms with Crippen LogP contribution in [0.5, 0.6) is 0 Å². The van der Waals surface area contributed by atoms with Crippen LogP contribution in [0.15, 0.2) is 67.9 Å². The Bertz CT molecular complexity index is 1720. The topological polar surface area (TPSA) is 184 Å². The molecule has 0 aliphatic rings. The van der Waals surface area contributed by atoms with Crippen molar-refractivity contribution < 1.29 is 16.8 Å². The second-order valence-corrected chi connectivity index (χ2v) is 10.7. The number of aromatic nitrogens is 4. The van der Waals surface area contributed by atoms with Crippen molar-refractivity contribution in [2.75, 3.05) is 9.44 Å². The van der Waals surface area contributed by atoms with E-state index in [-0.39, 0.29) is 32.5 Å². The average Bonchev–Trinajstić information content (AvgIpc) is 2.73. The van der Waals surface area contributed by atoms with Crippen molar-refractivity contribution in [1.29, 1.82) is 0 Å². The summed E-state index contributed by atoms with van der Waals surface area (Å²) < 4.78 is 55.4. The largest absolute Gasteiger partial charge is 0.316 e. The van der Waals surface area contributed by atoms with Gasteiger partial charge in [-0.1, -0.05) is 0 Å². The van der Waals surface area contributed by atoms with E-state index in [1.807, 2.05) is 0 Å². The van der Waals surface area contributed by atoms with Crippen molar-refractivity contribution in [3.63, 3.8) is 0 Å². The van der Waals surface area contributed by atoms with E-state index in [1.165, 1.54) is 42.5 Å². The number of nitrogens with one attached hydrogen (secondary N) is 4. The SMILES string of the molecule is Cc1cc(C)nc(NS(=O)(=O)c2ccc(NS(=O)(=O)c3ccc4[nH]c(=O)c(=O)[nH]c4c3)cc2)n1. The van der Waals surface area contributed by atoms with Crippen molar-refractivity contribution in [3.05, 3.63) is 80.6 Å². The molecule has 14 heteroatoms. The van der Waals surface area contributed by atoms with Gasteiger partial charge in [-0.05, 0) is 62.4 Å². The van der Waals surface area contributed by atoms with Crippen LogP contribution in [0.4, 0.5) is 11.6 Å². The average molecular weight is 503 g/mol. The quantitative estimate of drug-likeness (QED) is 0.284. The molecule has 4 N–H and O–H groups in total. The van der Waals surface area contributed by atoms with Gasteiger partial charge >= 0.3 is 11.1 Å². The van der Waals surface area contributed by atoms with Crippen LogP contribution in [0, 0.1) is 13.8 Å². The molecule has 0 saturated carbocycles. The fourth-order valence-corrected chi connectivity index (χ4v) is 5.16. The van der Waals surface area contributed by atoms with E-state index in [0.29, 0.717) is 11.4 Å². The molecule has 0 saturated heterocycles. The van der Waals surface area contributed by atoms with Gasteiger partial charge in [0.25, 0.3) is 20.0 Å². The number of aryl methyl sites for hydroxylation is 2. The molecular formula is C20H18N6O6S2. The predicted molar refractivity (Wildman–Crippen MR) is 125 cm³/mol. The van der Waals surface area contributed by atoms with Crippen molar-refractivity contribution in [2.24, 2.45) is 0 Å². The highest BCUT2D eigenvalue weighted by molar-refractivity contribution is 7.93. The Morgan fingerprint density at radius 1 is 0.676 bits per heavy atom. The van der Waals surface area contributed by atoms with Crippen molar-refractivity contribution in [1.82, 2.24) is 19.9 Å². The summed E-state index contributed by atoms with van der Waals surface area (Å²) in [6.45, 7) is 3.42. The lowest BCUT2D eigenvalue weighted by atomic mass is 10.3. The minimum absolute atomic E-state index is 0.0713. The lowest BCUT2D eigenvalue weighted by Gasteiger charge is -2.11. The summed E-state index contributed by atoms with van der Waals surface area (Å²) in [5, 5.41) is 0. The van der Waals surface area contributed by atoms with Gasteiger partial charge in [-0.3, -0.25) is 14.3 Å². The van der Waals surface area contributed by atoms with E-state index in [1.54, 1.807) is 19.9 Å². The molecule has 0 fully saturated rings. The fourth-order valence-electron chi connectivity index (χ4n) is 3.13. The van der Waals surface area contributed by atoms with E-state index in [2.05, 4.69) is 29.4 Å². The molecule has 2 heterocycles. The zero-order valence-electron chi connectivity index (χ0n) is 17.8. The molecule has 4 rings (SSSR count). The van der Waals surface area contributed by atoms with Gasteiger partial charge in [0.15, 0.2) is 0 Å². The molecule has 0 aliphatic heterocycles. The molecule has 2 aromatic heterocycles. The zero-order chi connectivity index (χ0) is 24.7. The molecule has 0 amide bonds. The monoisotopic (exact) mass is 502 g/mol. The van der Waals surface area contributed by atoms with Gasteiger partial charge in [0.05, 0.1) is 20.8 Å². The Hall–Kier alpha value is -4.04. The molecule has 0 spiro atoms. The molecular weight excluding hydrogens is 484 g/mol. The Morgan fingerprint density at radius 2 is 1.21 bits per heavy atom. The fraction of sp³-hybridized carbons (Fsp3) is 0.100. The lowest BCUT2D eigenvalue weighted by Crippen LogP contribution is -2.29. The van der Waals surface area contributed by atoms with Crippen LogP contribution in [0.2, 0.25) is 0 Å². The molecule has 0 bridgehead atoms. The second kappa shape index (κ2) is 8.39. The minimum atomic E-state index is -4.08. The number of benzene rings is 2. The number of H-pyrrole nitrogens is 2. The standard InChI is InChI=1S/C20H18N6O6S2/c1-11-9-12(2)22-20(21-11)26-33(29,30)14-5-3-13(4-6-14)25-34(31,32)15-7-8-16-17(10-15)24-19(28)18(27)23-16/h3-10,25H,1-2H3,(H,23,27)(H,24,28)(H,21,22,26). The van der Waals surface area contributed by atoms with Gasteiger partial charge in [0, 0.05) is 17.1 Å². The number of rotatable bonds is 6. The summed E-state index contributed by atoms with van der Waals surface area (Å²) in [6.07, 6.45) is 0. The number of nitrogens with zero attached hydrogens (tertiary/aromatic N) is 2. The number of sulfonamides is 2. The Labute approximate surface area is 193 Å². The molecule has 0 unspecified atom stereocenters. The van der Waals surface area contributed by atoms with Gasteiger partial charge in [-0.25, -0.2) is 31.5 Å². The number of hydrogen-bond donors (Lipinski definition) is 4. The summed E-state index contributed by atoms with van der Waals surface area (Å²) in [5.74, 6) is -0.0713. The molecule has 0 atom stereocenters. The van der Waals surface area contributed by atoms with E-state index in [0.717, 1.165) is 0 Å². The summed E-state index contributed by atoms with van der Waals surface area (Å²) in [6, 6.07) is 10.5. The molecule has 0 radical (unpaired) electrons. The summed E-state index contributed by atoms with van der Waals surface area (Å²) in [7, 11) is -8.09. The third-order valence-electron chi connectivity index (χ3n) is 4.63. The van der Waals surface area contributed by atoms with Crippen molar-refractivity contribution in [2.45, 2.75) is 23.6 Å². The van der Waals surface area contributed by atoms with Crippen molar-refractivity contribution >= 4 is 42.7 Å². The summed E-state index contributed by atoms with van der Waals surface area (Å²) in [4.78, 5) is 35.4. The second-order valence-electron chi connectivity index (χ2n) is 7.33. The van der Waals surface area contributed by atoms with Gasteiger partial charge in [0.2, 0.25) is 5.95 Å². The number of aromatic amines is 2. The molecule has 34 heavy (non-hydrogen) atoms. The van der Waals surface area contributed by atoms with Gasteiger partial charge in [0.1, 0.15) is 0 Å². The van der Waals surface area contributed by atoms with Crippen LogP contribution in [0.1, 0.15) is 11.4 Å². The first kappa shape index (κ1) is 23.1. The lowest BCUT2D eigenvalue weighted by molar-refractivity contribution is 0.599. The Kier molecular flexibility index (Phi) is 5.70. The highest BCUT2D eigenvalue weighted by atomic mass is 32.2. The third kappa shape index (κ3) is 4.82. The highest BCUT2D eigenvalue weighted by Crippen LogP contribution is 2.21. The Balaban J connectivity index is 1.57. The summed E-state index contributed by atoms with van der Waals surface area (Å²) >= 11 is 0. The normalized spacial score (nSPS) is 11.9. The van der Waals surface area contributed by atoms with Crippen LogP contribution in [0.3, 0.4) is 0 Å². The first-order valence-corrected chi connectivity index (χ1v) is 12.6. The van der Waals surface area contributed by atoms with Crippen LogP contribution in [0.25, 0.3) is 11.0 Å². The number of fused-ring (bicyclic) bond motifs is 1. The first-order chi connectivity index (χ1) is 15.9. The molecule has 0 aliphatic carbocycles. The van der Waals surface area contributed by atoms with Gasteiger partial charge < -0.3 is 9.97 Å². The van der Waals surface area contributed by atoms with Crippen molar-refractivity contribution in [3.8, 4) is 0 Å². The summed E-state index contributed by atoms with van der Waals surface area (Å²) in [5.41, 5.74) is -0.0664. The maximum absolute atomic E-state index is 12.8. The molecule has 12 nitrogen and oxygen atoms in total. The van der Waals surface area contributed by atoms with E-state index < -0.39 is 31.2 Å². The number of hydrogen-bond acceptors (Lipinski definition) is 8. The number of anilines is 2. The van der Waals surface area contributed by atoms with Gasteiger partial charge in [-0.2, -0.15) is 0 Å². The van der Waals surface area contributed by atoms with Crippen LogP contribution in [-0.4, -0.2) is 36.8 Å². The van der Waals surface area contributed by atoms with E-state index in [9.17, 15) is 26.4 Å². The third-order valence-corrected chi connectivity index (χ3v) is 7.35. The zero-order valence-corrected chi connectivity index (χ0v) is 19.4. The van der Waals surface area contributed by atoms with E-state index >= 15 is 0 Å². The van der Waals surface area contributed by atoms with Gasteiger partial charge in [-0.15, -0.1) is 0 Å². The van der Waals surface area contributed by atoms with Crippen LogP contribution >= 0.6 is 0 Å². The molecule has 4 aromatic rings. The Morgan fingerprint density at radius 3 is 1.82 bits per heavy atom.